The molecule has 10 heteroatoms. The van der Waals surface area contributed by atoms with Crippen molar-refractivity contribution in [1.29, 1.82) is 0 Å². The number of hydrogen-bond donors (Lipinski definition) is 3. The van der Waals surface area contributed by atoms with Gasteiger partial charge in [-0.25, -0.2) is 18.5 Å². The number of thiophene rings is 1. The molecule has 2 aromatic rings. The van der Waals surface area contributed by atoms with Crippen molar-refractivity contribution in [1.82, 2.24) is 4.98 Å². The van der Waals surface area contributed by atoms with E-state index in [2.05, 4.69) is 16.6 Å². The van der Waals surface area contributed by atoms with E-state index in [1.165, 1.54) is 13.8 Å². The first-order chi connectivity index (χ1) is 14.0. The smallest absolute Gasteiger partial charge is 0.354 e. The fraction of sp³-hybridized carbons (Fsp3) is 0.500. The molecule has 0 radical (unpaired) electrons. The number of carbonyl (C=O) groups is 1. The third kappa shape index (κ3) is 3.77. The lowest BCUT2D eigenvalue weighted by atomic mass is 10.0. The Kier molecular flexibility index (Phi) is 5.24. The summed E-state index contributed by atoms with van der Waals surface area (Å²) in [6.07, 6.45) is 4.40. The van der Waals surface area contributed by atoms with Crippen LogP contribution < -0.4 is 10.5 Å². The molecule has 0 fully saturated rings. The minimum Gasteiger partial charge on any atom is -0.385 e. The van der Waals surface area contributed by atoms with Gasteiger partial charge in [0.15, 0.2) is 19.9 Å². The predicted octanol–water partition coefficient (Wildman–Crippen LogP) is 3.98. The topological polar surface area (TPSA) is 118 Å². The second-order valence-electron chi connectivity index (χ2n) is 8.46. The molecule has 2 atom stereocenters. The van der Waals surface area contributed by atoms with Crippen LogP contribution in [0.15, 0.2) is 14.6 Å². The van der Waals surface area contributed by atoms with Crippen molar-refractivity contribution in [2.24, 2.45) is 9.50 Å². The zero-order valence-electron chi connectivity index (χ0n) is 17.1. The summed E-state index contributed by atoms with van der Waals surface area (Å²) in [6.45, 7) is 5.08. The molecule has 0 aliphatic heterocycles. The molecule has 30 heavy (non-hydrogen) atoms. The van der Waals surface area contributed by atoms with Gasteiger partial charge in [-0.15, -0.1) is 15.7 Å². The summed E-state index contributed by atoms with van der Waals surface area (Å²) in [4.78, 5) is 17.7. The molecule has 162 valence electrons. The van der Waals surface area contributed by atoms with Crippen molar-refractivity contribution in [3.8, 4) is 0 Å². The average molecular weight is 453 g/mol. The first-order valence-corrected chi connectivity index (χ1v) is 12.3. The number of rotatable bonds is 3. The molecule has 7 nitrogen and oxygen atoms in total. The second-order valence-corrected chi connectivity index (χ2v) is 11.5. The van der Waals surface area contributed by atoms with Gasteiger partial charge in [0.25, 0.3) is 0 Å². The molecular formula is C20H25FN4O3S2. The standard InChI is InChI=1S/C20H25FN4O3S2/c1-10-7-8-12-16(10)23-14-6-4-5-11(14)17(12)24-19(26)25-30(22,28)18-13(21)9-15(29-18)20(2,3)27/h9-10,27H,4-8H2,1-3H3,(H3,22,23,24,25,26,28)/t10-,30?/m0/s1. The first kappa shape index (κ1) is 21.4. The van der Waals surface area contributed by atoms with Crippen LogP contribution in [0.4, 0.5) is 14.9 Å². The number of aryl methyl sites for hydroxylation is 1. The number of carbonyl (C=O) groups excluding carboxylic acids is 1. The fourth-order valence-electron chi connectivity index (χ4n) is 4.10. The Hall–Kier alpha value is -1.88. The Morgan fingerprint density at radius 3 is 2.80 bits per heavy atom. The average Bonchev–Trinajstić information content (AvgIpc) is 3.33. The quantitative estimate of drug-likeness (QED) is 0.653. The number of pyridine rings is 1. The zero-order valence-corrected chi connectivity index (χ0v) is 18.8. The number of nitrogens with zero attached hydrogens (tertiary/aromatic N) is 2. The highest BCUT2D eigenvalue weighted by molar-refractivity contribution is 7.93. The van der Waals surface area contributed by atoms with Crippen molar-refractivity contribution in [3.63, 3.8) is 0 Å². The fourth-order valence-corrected chi connectivity index (χ4v) is 6.44. The van der Waals surface area contributed by atoms with Crippen LogP contribution in [-0.4, -0.2) is 20.3 Å². The summed E-state index contributed by atoms with van der Waals surface area (Å²) >= 11 is 0.753. The van der Waals surface area contributed by atoms with Crippen molar-refractivity contribution in [2.45, 2.75) is 68.6 Å². The minimum atomic E-state index is -3.81. The summed E-state index contributed by atoms with van der Waals surface area (Å²) in [5, 5.41) is 18.6. The number of urea groups is 1. The van der Waals surface area contributed by atoms with Gasteiger partial charge >= 0.3 is 6.03 Å². The molecule has 0 saturated heterocycles. The number of aromatic nitrogens is 1. The normalized spacial score (nSPS) is 19.9. The van der Waals surface area contributed by atoms with Crippen molar-refractivity contribution in [2.75, 3.05) is 5.32 Å². The highest BCUT2D eigenvalue weighted by atomic mass is 32.2. The highest BCUT2D eigenvalue weighted by Crippen LogP contribution is 2.41. The highest BCUT2D eigenvalue weighted by Gasteiger charge is 2.30. The lowest BCUT2D eigenvalue weighted by Gasteiger charge is -2.15. The number of anilines is 1. The third-order valence-electron chi connectivity index (χ3n) is 5.63. The summed E-state index contributed by atoms with van der Waals surface area (Å²) in [5.41, 5.74) is 3.37. The number of amides is 2. The van der Waals surface area contributed by atoms with Gasteiger partial charge in [0, 0.05) is 16.3 Å². The van der Waals surface area contributed by atoms with E-state index in [1.807, 2.05) is 0 Å². The van der Waals surface area contributed by atoms with Crippen LogP contribution in [0.5, 0.6) is 0 Å². The van der Waals surface area contributed by atoms with Crippen molar-refractivity contribution >= 4 is 33.0 Å². The predicted molar refractivity (Wildman–Crippen MR) is 115 cm³/mol. The van der Waals surface area contributed by atoms with Crippen LogP contribution in [0, 0.1) is 5.82 Å². The van der Waals surface area contributed by atoms with Gasteiger partial charge in [-0.2, -0.15) is 0 Å². The largest absolute Gasteiger partial charge is 0.385 e. The molecule has 0 bridgehead atoms. The van der Waals surface area contributed by atoms with Crippen molar-refractivity contribution in [3.05, 3.63) is 39.3 Å². The maximum Gasteiger partial charge on any atom is 0.354 e. The molecule has 4 rings (SSSR count). The minimum absolute atomic E-state index is 0.252. The van der Waals surface area contributed by atoms with Gasteiger partial charge in [0.1, 0.15) is 0 Å². The Morgan fingerprint density at radius 2 is 2.13 bits per heavy atom. The Bertz CT molecular complexity index is 1160. The monoisotopic (exact) mass is 452 g/mol. The van der Waals surface area contributed by atoms with Crippen molar-refractivity contribution < 1.29 is 18.5 Å². The maximum atomic E-state index is 14.4. The maximum absolute atomic E-state index is 14.4. The van der Waals surface area contributed by atoms with Crippen LogP contribution in [0.25, 0.3) is 0 Å². The molecular weight excluding hydrogens is 427 g/mol. The molecule has 0 aromatic carbocycles. The van der Waals surface area contributed by atoms with Gasteiger partial charge in [-0.1, -0.05) is 6.92 Å². The molecule has 2 aliphatic rings. The lowest BCUT2D eigenvalue weighted by Crippen LogP contribution is -2.19. The van der Waals surface area contributed by atoms with E-state index >= 15 is 0 Å². The number of halogens is 1. The summed E-state index contributed by atoms with van der Waals surface area (Å²) in [7, 11) is -3.81. The second kappa shape index (κ2) is 7.37. The summed E-state index contributed by atoms with van der Waals surface area (Å²) < 4.78 is 30.5. The number of aliphatic hydroxyl groups is 1. The van der Waals surface area contributed by atoms with Gasteiger partial charge < -0.3 is 10.4 Å². The van der Waals surface area contributed by atoms with Gasteiger partial charge in [0.2, 0.25) is 0 Å². The Balaban J connectivity index is 1.69. The van der Waals surface area contributed by atoms with E-state index in [-0.39, 0.29) is 9.09 Å². The molecule has 2 aromatic heterocycles. The SMILES string of the molecule is C[C@H]1CCc2c1nc1c(c2NC(=O)N=S(N)(=O)c2sc(C(C)(C)O)cc2F)CCC1. The van der Waals surface area contributed by atoms with Gasteiger partial charge in [0.05, 0.1) is 11.3 Å². The van der Waals surface area contributed by atoms with Crippen LogP contribution >= 0.6 is 11.3 Å². The van der Waals surface area contributed by atoms with E-state index < -0.39 is 27.4 Å². The number of hydrogen-bond acceptors (Lipinski definition) is 5. The molecule has 2 heterocycles. The van der Waals surface area contributed by atoms with Gasteiger partial charge in [-0.3, -0.25) is 4.98 Å². The van der Waals surface area contributed by atoms with E-state index in [0.29, 0.717) is 11.6 Å². The molecule has 2 amide bonds. The molecule has 1 unspecified atom stereocenters. The van der Waals surface area contributed by atoms with E-state index in [4.69, 9.17) is 10.1 Å². The molecule has 4 N–H and O–H groups in total. The number of nitrogens with two attached hydrogens (primary N) is 1. The van der Waals surface area contributed by atoms with E-state index in [1.54, 1.807) is 0 Å². The molecule has 0 spiro atoms. The Labute approximate surface area is 179 Å². The molecule has 2 aliphatic carbocycles. The van der Waals surface area contributed by atoms with Gasteiger partial charge in [-0.05, 0) is 69.1 Å². The third-order valence-corrected chi connectivity index (χ3v) is 8.97. The van der Waals surface area contributed by atoms with Crippen LogP contribution in [0.3, 0.4) is 0 Å². The van der Waals surface area contributed by atoms with E-state index in [0.717, 1.165) is 72.0 Å². The Morgan fingerprint density at radius 1 is 1.40 bits per heavy atom. The molecule has 0 saturated carbocycles. The first-order valence-electron chi connectivity index (χ1n) is 9.90. The number of nitrogens with one attached hydrogen (secondary N) is 1. The summed E-state index contributed by atoms with van der Waals surface area (Å²) in [5.74, 6) is -0.529. The summed E-state index contributed by atoms with van der Waals surface area (Å²) in [6, 6.07) is 0.200. The number of fused-ring (bicyclic) bond motifs is 2. The lowest BCUT2D eigenvalue weighted by molar-refractivity contribution is 0.0823. The zero-order chi connectivity index (χ0) is 21.8. The van der Waals surface area contributed by atoms with Crippen LogP contribution in [0.1, 0.15) is 66.9 Å². The van der Waals surface area contributed by atoms with Crippen LogP contribution in [0.2, 0.25) is 0 Å². The van der Waals surface area contributed by atoms with Crippen LogP contribution in [-0.2, 0) is 34.8 Å². The van der Waals surface area contributed by atoms with E-state index in [9.17, 15) is 18.5 Å².